The number of hydrogen-bond acceptors (Lipinski definition) is 2. The van der Waals surface area contributed by atoms with E-state index in [1.54, 1.807) is 18.2 Å². The fourth-order valence-electron chi connectivity index (χ4n) is 2.12. The number of carbonyl (C=O) groups is 1. The Balaban J connectivity index is 2.53. The molecule has 116 valence electrons. The normalized spacial score (nSPS) is 13.0. The van der Waals surface area contributed by atoms with Crippen LogP contribution in [0.3, 0.4) is 0 Å². The summed E-state index contributed by atoms with van der Waals surface area (Å²) in [6.45, 7) is 1.82. The van der Waals surface area contributed by atoms with Crippen molar-refractivity contribution in [3.8, 4) is 0 Å². The number of aromatic nitrogens is 1. The average molecular weight is 329 g/mol. The third-order valence-electron chi connectivity index (χ3n) is 3.13. The standard InChI is InChI=1S/C15H12ClF3N2O/c1-8-3-2-4-9(5-8)12(14(20)22)13-11(16)6-10(7-21-13)15(17,18)19/h2-7,12H,1H3,(H2,20,22)/t12-/m1/s1. The van der Waals surface area contributed by atoms with Gasteiger partial charge in [0.2, 0.25) is 5.91 Å². The number of carbonyl (C=O) groups excluding carboxylic acids is 1. The number of rotatable bonds is 3. The molecule has 7 heteroatoms. The SMILES string of the molecule is Cc1cccc([C@@H](C(N)=O)c2ncc(C(F)(F)F)cc2Cl)c1. The Bertz CT molecular complexity index is 716. The minimum Gasteiger partial charge on any atom is -0.369 e. The molecule has 0 radical (unpaired) electrons. The van der Waals surface area contributed by atoms with Gasteiger partial charge in [0.25, 0.3) is 0 Å². The quantitative estimate of drug-likeness (QED) is 0.934. The molecule has 1 amide bonds. The first-order valence-corrected chi connectivity index (χ1v) is 6.66. The maximum absolute atomic E-state index is 12.6. The summed E-state index contributed by atoms with van der Waals surface area (Å²) in [6.07, 6.45) is -3.91. The smallest absolute Gasteiger partial charge is 0.369 e. The molecule has 0 aliphatic rings. The fourth-order valence-corrected chi connectivity index (χ4v) is 2.40. The molecule has 3 nitrogen and oxygen atoms in total. The minimum absolute atomic E-state index is 0.00719. The summed E-state index contributed by atoms with van der Waals surface area (Å²) in [4.78, 5) is 15.5. The van der Waals surface area contributed by atoms with Gasteiger partial charge in [-0.2, -0.15) is 13.2 Å². The maximum Gasteiger partial charge on any atom is 0.417 e. The van der Waals surface area contributed by atoms with Gasteiger partial charge in [0, 0.05) is 6.20 Å². The fraction of sp³-hybridized carbons (Fsp3) is 0.200. The molecule has 0 unspecified atom stereocenters. The molecule has 22 heavy (non-hydrogen) atoms. The molecule has 0 saturated carbocycles. The van der Waals surface area contributed by atoms with Crippen molar-refractivity contribution < 1.29 is 18.0 Å². The second-order valence-corrected chi connectivity index (χ2v) is 5.25. The molecule has 2 N–H and O–H groups in total. The highest BCUT2D eigenvalue weighted by atomic mass is 35.5. The predicted octanol–water partition coefficient (Wildman–Crippen LogP) is 3.68. The molecule has 1 heterocycles. The molecule has 0 spiro atoms. The van der Waals surface area contributed by atoms with Crippen molar-refractivity contribution in [1.82, 2.24) is 4.98 Å². The Labute approximate surface area is 129 Å². The zero-order valence-corrected chi connectivity index (χ0v) is 12.2. The first-order chi connectivity index (χ1) is 10.2. The van der Waals surface area contributed by atoms with Crippen molar-refractivity contribution in [1.29, 1.82) is 0 Å². The Morgan fingerprint density at radius 1 is 1.32 bits per heavy atom. The predicted molar refractivity (Wildman–Crippen MR) is 76.5 cm³/mol. The highest BCUT2D eigenvalue weighted by molar-refractivity contribution is 6.31. The van der Waals surface area contributed by atoms with Crippen LogP contribution in [0.5, 0.6) is 0 Å². The maximum atomic E-state index is 12.6. The van der Waals surface area contributed by atoms with Crippen LogP contribution in [-0.2, 0) is 11.0 Å². The second kappa shape index (κ2) is 5.96. The third-order valence-corrected chi connectivity index (χ3v) is 3.43. The van der Waals surface area contributed by atoms with Gasteiger partial charge >= 0.3 is 6.18 Å². The zero-order chi connectivity index (χ0) is 16.5. The summed E-state index contributed by atoms with van der Waals surface area (Å²) < 4.78 is 37.9. The molecule has 0 saturated heterocycles. The summed E-state index contributed by atoms with van der Waals surface area (Å²) in [6, 6.07) is 7.65. The Morgan fingerprint density at radius 2 is 2.00 bits per heavy atom. The van der Waals surface area contributed by atoms with E-state index in [4.69, 9.17) is 17.3 Å². The highest BCUT2D eigenvalue weighted by Crippen LogP contribution is 2.34. The zero-order valence-electron chi connectivity index (χ0n) is 11.5. The van der Waals surface area contributed by atoms with E-state index in [-0.39, 0.29) is 10.7 Å². The van der Waals surface area contributed by atoms with E-state index < -0.39 is 23.6 Å². The molecule has 1 aromatic heterocycles. The van der Waals surface area contributed by atoms with Gasteiger partial charge in [-0.25, -0.2) is 0 Å². The van der Waals surface area contributed by atoms with Crippen LogP contribution < -0.4 is 5.73 Å². The highest BCUT2D eigenvalue weighted by Gasteiger charge is 2.33. The molecule has 0 bridgehead atoms. The molecule has 1 atom stereocenters. The minimum atomic E-state index is -4.55. The molecular formula is C15H12ClF3N2O. The number of aryl methyl sites for hydroxylation is 1. The van der Waals surface area contributed by atoms with Gasteiger partial charge in [-0.15, -0.1) is 0 Å². The number of benzene rings is 1. The van der Waals surface area contributed by atoms with Gasteiger partial charge in [0.15, 0.2) is 0 Å². The van der Waals surface area contributed by atoms with Gasteiger partial charge in [-0.1, -0.05) is 41.4 Å². The van der Waals surface area contributed by atoms with Gasteiger partial charge in [-0.05, 0) is 18.6 Å². The van der Waals surface area contributed by atoms with E-state index in [1.165, 1.54) is 0 Å². The van der Waals surface area contributed by atoms with E-state index in [9.17, 15) is 18.0 Å². The Hall–Kier alpha value is -2.08. The van der Waals surface area contributed by atoms with E-state index in [0.717, 1.165) is 11.6 Å². The summed E-state index contributed by atoms with van der Waals surface area (Å²) in [5, 5.41) is -0.250. The van der Waals surface area contributed by atoms with Gasteiger partial charge < -0.3 is 5.73 Å². The molecule has 1 aromatic carbocycles. The lowest BCUT2D eigenvalue weighted by atomic mass is 9.93. The van der Waals surface area contributed by atoms with Crippen LogP contribution in [0.2, 0.25) is 5.02 Å². The van der Waals surface area contributed by atoms with Gasteiger partial charge in [-0.3, -0.25) is 9.78 Å². The van der Waals surface area contributed by atoms with Crippen LogP contribution in [0.15, 0.2) is 36.5 Å². The van der Waals surface area contributed by atoms with Crippen LogP contribution in [0.25, 0.3) is 0 Å². The number of hydrogen-bond donors (Lipinski definition) is 1. The van der Waals surface area contributed by atoms with Gasteiger partial charge in [0.05, 0.1) is 16.3 Å². The number of primary amides is 1. The Morgan fingerprint density at radius 3 is 2.50 bits per heavy atom. The van der Waals surface area contributed by atoms with Crippen LogP contribution >= 0.6 is 11.6 Å². The lowest BCUT2D eigenvalue weighted by Gasteiger charge is -2.16. The lowest BCUT2D eigenvalue weighted by Crippen LogP contribution is -2.24. The van der Waals surface area contributed by atoms with E-state index in [2.05, 4.69) is 4.98 Å². The van der Waals surface area contributed by atoms with Crippen LogP contribution in [-0.4, -0.2) is 10.9 Å². The van der Waals surface area contributed by atoms with Crippen LogP contribution in [0.1, 0.15) is 28.3 Å². The van der Waals surface area contributed by atoms with E-state index in [1.807, 2.05) is 13.0 Å². The first-order valence-electron chi connectivity index (χ1n) is 6.28. The number of amides is 1. The van der Waals surface area contributed by atoms with E-state index in [0.29, 0.717) is 11.8 Å². The monoisotopic (exact) mass is 328 g/mol. The van der Waals surface area contributed by atoms with Crippen LogP contribution in [0.4, 0.5) is 13.2 Å². The average Bonchev–Trinajstić information content (AvgIpc) is 2.39. The summed E-state index contributed by atoms with van der Waals surface area (Å²) in [5.41, 5.74) is 5.82. The first kappa shape index (κ1) is 16.3. The molecule has 0 fully saturated rings. The van der Waals surface area contributed by atoms with Crippen molar-refractivity contribution in [2.24, 2.45) is 5.73 Å². The number of alkyl halides is 3. The molecular weight excluding hydrogens is 317 g/mol. The molecule has 2 rings (SSSR count). The van der Waals surface area contributed by atoms with Crippen molar-refractivity contribution >= 4 is 17.5 Å². The molecule has 2 aromatic rings. The van der Waals surface area contributed by atoms with E-state index >= 15 is 0 Å². The summed E-state index contributed by atoms with van der Waals surface area (Å²) >= 11 is 5.89. The number of nitrogens with two attached hydrogens (primary N) is 1. The topological polar surface area (TPSA) is 56.0 Å². The third kappa shape index (κ3) is 3.39. The number of halogens is 4. The largest absolute Gasteiger partial charge is 0.417 e. The van der Waals surface area contributed by atoms with Crippen LogP contribution in [0, 0.1) is 6.92 Å². The number of nitrogens with zero attached hydrogens (tertiary/aromatic N) is 1. The summed E-state index contributed by atoms with van der Waals surface area (Å²) in [7, 11) is 0. The summed E-state index contributed by atoms with van der Waals surface area (Å²) in [5.74, 6) is -1.74. The lowest BCUT2D eigenvalue weighted by molar-refractivity contribution is -0.137. The Kier molecular flexibility index (Phi) is 4.42. The molecule has 0 aliphatic heterocycles. The van der Waals surface area contributed by atoms with Crippen molar-refractivity contribution in [3.05, 3.63) is 63.9 Å². The van der Waals surface area contributed by atoms with Crippen molar-refractivity contribution in [3.63, 3.8) is 0 Å². The van der Waals surface area contributed by atoms with Gasteiger partial charge in [0.1, 0.15) is 5.92 Å². The molecule has 0 aliphatic carbocycles. The second-order valence-electron chi connectivity index (χ2n) is 4.84. The van der Waals surface area contributed by atoms with Crippen molar-refractivity contribution in [2.45, 2.75) is 19.0 Å². The van der Waals surface area contributed by atoms with Crippen molar-refractivity contribution in [2.75, 3.05) is 0 Å². The number of pyridine rings is 1.